The van der Waals surface area contributed by atoms with Crippen molar-refractivity contribution in [2.45, 2.75) is 6.04 Å². The molecule has 10 heavy (non-hydrogen) atoms. The van der Waals surface area contributed by atoms with Gasteiger partial charge in [-0.05, 0) is 0 Å². The second-order valence-electron chi connectivity index (χ2n) is 1.98. The molecule has 1 atom stereocenters. The van der Waals surface area contributed by atoms with Crippen LogP contribution in [0.15, 0.2) is 11.1 Å². The molecule has 4 heteroatoms. The van der Waals surface area contributed by atoms with Crippen LogP contribution in [0.5, 0.6) is 0 Å². The zero-order chi connectivity index (χ0) is 7.98. The number of halogens is 1. The average molecular weight is 210 g/mol. The van der Waals surface area contributed by atoms with Crippen molar-refractivity contribution in [3.8, 4) is 0 Å². The second kappa shape index (κ2) is 5.85. The molecule has 0 aliphatic carbocycles. The molecule has 0 saturated carbocycles. The molecular weight excluding hydrogens is 198 g/mol. The predicted molar refractivity (Wildman–Crippen MR) is 43.9 cm³/mol. The van der Waals surface area contributed by atoms with Crippen molar-refractivity contribution < 1.29 is 9.84 Å². The number of aliphatic hydroxyl groups excluding tert-OH is 1. The van der Waals surface area contributed by atoms with Crippen molar-refractivity contribution in [1.29, 1.82) is 0 Å². The Hall–Kier alpha value is 0.1000. The predicted octanol–water partition coefficient (Wildman–Crippen LogP) is 0.231. The quantitative estimate of drug-likeness (QED) is 0.682. The molecule has 0 aliphatic heterocycles. The fourth-order valence-corrected chi connectivity index (χ4v) is 0.536. The summed E-state index contributed by atoms with van der Waals surface area (Å²) in [5.74, 6) is 0. The minimum Gasteiger partial charge on any atom is -0.395 e. The normalized spacial score (nSPS) is 13.1. The van der Waals surface area contributed by atoms with Crippen molar-refractivity contribution in [1.82, 2.24) is 0 Å². The van der Waals surface area contributed by atoms with Gasteiger partial charge in [0.05, 0.1) is 25.9 Å². The summed E-state index contributed by atoms with van der Waals surface area (Å²) in [6.07, 6.45) is 0. The molecule has 60 valence electrons. The van der Waals surface area contributed by atoms with Gasteiger partial charge < -0.3 is 15.6 Å². The van der Waals surface area contributed by atoms with E-state index in [1.165, 1.54) is 0 Å². The summed E-state index contributed by atoms with van der Waals surface area (Å²) in [4.78, 5) is 0. The van der Waals surface area contributed by atoms with E-state index in [-0.39, 0.29) is 12.6 Å². The maximum absolute atomic E-state index is 8.46. The van der Waals surface area contributed by atoms with Crippen LogP contribution in [0.3, 0.4) is 0 Å². The van der Waals surface area contributed by atoms with Gasteiger partial charge in [-0.1, -0.05) is 22.5 Å². The van der Waals surface area contributed by atoms with E-state index in [9.17, 15) is 0 Å². The van der Waals surface area contributed by atoms with Gasteiger partial charge in [0.15, 0.2) is 0 Å². The SMILES string of the molecule is C=C(Br)COC[C@@H](N)CO. The molecule has 0 spiro atoms. The molecule has 0 aromatic heterocycles. The molecule has 0 heterocycles. The van der Waals surface area contributed by atoms with Crippen LogP contribution in [0.1, 0.15) is 0 Å². The van der Waals surface area contributed by atoms with Crippen LogP contribution in [0.25, 0.3) is 0 Å². The lowest BCUT2D eigenvalue weighted by Gasteiger charge is -2.07. The fraction of sp³-hybridized carbons (Fsp3) is 0.667. The molecule has 0 radical (unpaired) electrons. The molecular formula is C6H12BrNO2. The van der Waals surface area contributed by atoms with E-state index in [0.717, 1.165) is 4.48 Å². The first-order valence-electron chi connectivity index (χ1n) is 2.94. The van der Waals surface area contributed by atoms with Gasteiger partial charge in [0.25, 0.3) is 0 Å². The van der Waals surface area contributed by atoms with Crippen molar-refractivity contribution >= 4 is 15.9 Å². The number of hydrogen-bond donors (Lipinski definition) is 2. The van der Waals surface area contributed by atoms with Gasteiger partial charge in [0.1, 0.15) is 0 Å². The Bertz CT molecular complexity index is 108. The molecule has 0 aromatic rings. The first-order valence-corrected chi connectivity index (χ1v) is 3.73. The lowest BCUT2D eigenvalue weighted by molar-refractivity contribution is 0.120. The molecule has 0 bridgehead atoms. The standard InChI is InChI=1S/C6H12BrNO2/c1-5(7)3-10-4-6(8)2-9/h6,9H,1-4,8H2/t6-/m0/s1. The third kappa shape index (κ3) is 6.22. The fourth-order valence-electron chi connectivity index (χ4n) is 0.374. The first kappa shape index (κ1) is 10.1. The van der Waals surface area contributed by atoms with Crippen LogP contribution in [0, 0.1) is 0 Å². The Kier molecular flexibility index (Phi) is 5.91. The zero-order valence-electron chi connectivity index (χ0n) is 5.72. The molecule has 0 fully saturated rings. The molecule has 3 N–H and O–H groups in total. The highest BCUT2D eigenvalue weighted by Crippen LogP contribution is 1.99. The van der Waals surface area contributed by atoms with Crippen LogP contribution < -0.4 is 5.73 Å². The largest absolute Gasteiger partial charge is 0.395 e. The third-order valence-corrected chi connectivity index (χ3v) is 1.05. The summed E-state index contributed by atoms with van der Waals surface area (Å²) in [5.41, 5.74) is 5.34. The first-order chi connectivity index (χ1) is 4.66. The van der Waals surface area contributed by atoms with Gasteiger partial charge in [-0.2, -0.15) is 0 Å². The maximum atomic E-state index is 8.46. The number of rotatable bonds is 5. The average Bonchev–Trinajstić information content (AvgIpc) is 1.87. The smallest absolute Gasteiger partial charge is 0.0776 e. The molecule has 0 rings (SSSR count). The maximum Gasteiger partial charge on any atom is 0.0776 e. The van der Waals surface area contributed by atoms with Gasteiger partial charge in [0, 0.05) is 4.48 Å². The summed E-state index contributed by atoms with van der Waals surface area (Å²) in [7, 11) is 0. The highest BCUT2D eigenvalue weighted by atomic mass is 79.9. The van der Waals surface area contributed by atoms with Crippen molar-refractivity contribution in [3.05, 3.63) is 11.1 Å². The molecule has 0 saturated heterocycles. The molecule has 0 aromatic carbocycles. The Morgan fingerprint density at radius 3 is 2.80 bits per heavy atom. The van der Waals surface area contributed by atoms with Crippen LogP contribution in [0.4, 0.5) is 0 Å². The van der Waals surface area contributed by atoms with E-state index >= 15 is 0 Å². The Labute approximate surface area is 69.0 Å². The second-order valence-corrected chi connectivity index (χ2v) is 3.10. The van der Waals surface area contributed by atoms with Gasteiger partial charge in [-0.25, -0.2) is 0 Å². The third-order valence-electron chi connectivity index (χ3n) is 0.825. The van der Waals surface area contributed by atoms with Crippen molar-refractivity contribution in [3.63, 3.8) is 0 Å². The molecule has 0 unspecified atom stereocenters. The zero-order valence-corrected chi connectivity index (χ0v) is 7.30. The summed E-state index contributed by atoms with van der Waals surface area (Å²) in [5, 5.41) is 8.46. The van der Waals surface area contributed by atoms with E-state index in [1.54, 1.807) is 0 Å². The van der Waals surface area contributed by atoms with Crippen LogP contribution in [0.2, 0.25) is 0 Å². The summed E-state index contributed by atoms with van der Waals surface area (Å²) in [6.45, 7) is 4.32. The molecule has 3 nitrogen and oxygen atoms in total. The van der Waals surface area contributed by atoms with E-state index in [1.807, 2.05) is 0 Å². The lowest BCUT2D eigenvalue weighted by Crippen LogP contribution is -2.30. The Balaban J connectivity index is 3.11. The van der Waals surface area contributed by atoms with Gasteiger partial charge in [-0.15, -0.1) is 0 Å². The molecule has 0 amide bonds. The van der Waals surface area contributed by atoms with E-state index in [2.05, 4.69) is 22.5 Å². The van der Waals surface area contributed by atoms with Gasteiger partial charge in [-0.3, -0.25) is 0 Å². The minimum atomic E-state index is -0.285. The van der Waals surface area contributed by atoms with Crippen molar-refractivity contribution in [2.24, 2.45) is 5.73 Å². The lowest BCUT2D eigenvalue weighted by atomic mass is 10.4. The van der Waals surface area contributed by atoms with E-state index in [4.69, 9.17) is 15.6 Å². The summed E-state index contributed by atoms with van der Waals surface area (Å²) in [6, 6.07) is -0.285. The van der Waals surface area contributed by atoms with Gasteiger partial charge in [0.2, 0.25) is 0 Å². The van der Waals surface area contributed by atoms with Gasteiger partial charge >= 0.3 is 0 Å². The van der Waals surface area contributed by atoms with Crippen molar-refractivity contribution in [2.75, 3.05) is 19.8 Å². The number of nitrogens with two attached hydrogens (primary N) is 1. The highest BCUT2D eigenvalue weighted by Gasteiger charge is 1.98. The Morgan fingerprint density at radius 2 is 2.40 bits per heavy atom. The highest BCUT2D eigenvalue weighted by molar-refractivity contribution is 9.11. The number of aliphatic hydroxyl groups is 1. The summed E-state index contributed by atoms with van der Waals surface area (Å²) < 4.78 is 5.79. The minimum absolute atomic E-state index is 0.0469. The monoisotopic (exact) mass is 209 g/mol. The van der Waals surface area contributed by atoms with E-state index < -0.39 is 0 Å². The summed E-state index contributed by atoms with van der Waals surface area (Å²) >= 11 is 3.12. The van der Waals surface area contributed by atoms with E-state index in [0.29, 0.717) is 13.2 Å². The van der Waals surface area contributed by atoms with Crippen LogP contribution in [-0.4, -0.2) is 31.0 Å². The topological polar surface area (TPSA) is 55.5 Å². The van der Waals surface area contributed by atoms with Crippen LogP contribution in [-0.2, 0) is 4.74 Å². The van der Waals surface area contributed by atoms with Crippen LogP contribution >= 0.6 is 15.9 Å². The molecule has 0 aliphatic rings. The number of hydrogen-bond acceptors (Lipinski definition) is 3. The Morgan fingerprint density at radius 1 is 1.80 bits per heavy atom. The number of ether oxygens (including phenoxy) is 1.